The van der Waals surface area contributed by atoms with E-state index in [0.29, 0.717) is 79.8 Å². The number of carbonyl (C=O) groups excluding carboxylic acids is 3. The van der Waals surface area contributed by atoms with Gasteiger partial charge in [-0.2, -0.15) is 5.10 Å². The van der Waals surface area contributed by atoms with Crippen molar-refractivity contribution in [2.45, 2.75) is 139 Å². The van der Waals surface area contributed by atoms with Gasteiger partial charge in [0.05, 0.1) is 35.2 Å². The molecule has 5 atom stereocenters. The zero-order valence-corrected chi connectivity index (χ0v) is 46.4. The van der Waals surface area contributed by atoms with Crippen molar-refractivity contribution in [3.63, 3.8) is 0 Å². The summed E-state index contributed by atoms with van der Waals surface area (Å²) in [6.45, 7) is 13.7. The van der Waals surface area contributed by atoms with Crippen molar-refractivity contribution >= 4 is 62.1 Å². The van der Waals surface area contributed by atoms with Crippen LogP contribution in [0.5, 0.6) is 11.5 Å². The molecule has 9 rings (SSSR count). The largest absolute Gasteiger partial charge is 0.491 e. The van der Waals surface area contributed by atoms with Gasteiger partial charge < -0.3 is 40.3 Å². The second kappa shape index (κ2) is 23.4. The molecule has 3 aromatic heterocycles. The molecule has 4 amide bonds. The monoisotopic (exact) mass is 1090 g/mol. The molecule has 1 saturated carbocycles. The van der Waals surface area contributed by atoms with Crippen molar-refractivity contribution in [3.05, 3.63) is 77.5 Å². The lowest BCUT2D eigenvalue weighted by molar-refractivity contribution is -0.143. The summed E-state index contributed by atoms with van der Waals surface area (Å²) in [4.78, 5) is 79.9. The van der Waals surface area contributed by atoms with E-state index in [1.54, 1.807) is 50.2 Å². The fourth-order valence-electron chi connectivity index (χ4n) is 10.9. The van der Waals surface area contributed by atoms with E-state index in [0.717, 1.165) is 60.2 Å². The van der Waals surface area contributed by atoms with Gasteiger partial charge in [-0.1, -0.05) is 43.5 Å². The zero-order chi connectivity index (χ0) is 55.5. The lowest BCUT2D eigenvalue weighted by Gasteiger charge is -2.36. The first kappa shape index (κ1) is 55.6. The summed E-state index contributed by atoms with van der Waals surface area (Å²) in [7, 11) is -2.55. The SMILES string of the molecule is Cc1[nH]nc(Nc2ncnc3cc(OCCN4CCN(c5ncc(O[C@H]6C[C@@H](C(=O)N[C@@H]7CCCc8ccccc87)N(C(=O)[C@@H](NC(=O)[C@H](C)N(C)C(=O)O)C7CCCCC7)C6)cn5)CC4)c(S(=O)(=O)C(C)(C)C)cc23)c1C. The van der Waals surface area contributed by atoms with Gasteiger partial charge in [0, 0.05) is 68.9 Å². The molecular formula is C55H73N13O9S. The van der Waals surface area contributed by atoms with E-state index >= 15 is 0 Å². The normalized spacial score (nSPS) is 20.1. The number of piperazine rings is 1. The molecule has 4 aliphatic rings. The Morgan fingerprint density at radius 2 is 1.67 bits per heavy atom. The Balaban J connectivity index is 0.846. The first-order valence-corrected chi connectivity index (χ1v) is 28.6. The Morgan fingerprint density at radius 1 is 0.936 bits per heavy atom. The minimum absolute atomic E-state index is 0.0537. The van der Waals surface area contributed by atoms with Crippen LogP contribution in [0.15, 0.2) is 60.0 Å². The predicted molar refractivity (Wildman–Crippen MR) is 293 cm³/mol. The maximum atomic E-state index is 14.9. The van der Waals surface area contributed by atoms with Crippen LogP contribution in [-0.2, 0) is 30.6 Å². The quantitative estimate of drug-likeness (QED) is 0.0727. The summed E-state index contributed by atoms with van der Waals surface area (Å²) < 4.78 is 39.8. The van der Waals surface area contributed by atoms with Gasteiger partial charge in [-0.05, 0) is 96.8 Å². The number of nitrogens with zero attached hydrogens (tertiary/aromatic N) is 9. The lowest BCUT2D eigenvalue weighted by Crippen LogP contribution is -2.58. The topological polar surface area (TPSA) is 270 Å². The first-order chi connectivity index (χ1) is 37.3. The Kier molecular flexibility index (Phi) is 16.7. The third-order valence-electron chi connectivity index (χ3n) is 16.0. The highest BCUT2D eigenvalue weighted by atomic mass is 32.2. The van der Waals surface area contributed by atoms with Crippen LogP contribution in [0.2, 0.25) is 0 Å². The molecule has 5 aromatic rings. The number of aryl methyl sites for hydroxylation is 2. The third-order valence-corrected chi connectivity index (χ3v) is 18.5. The number of benzene rings is 2. The fourth-order valence-corrected chi connectivity index (χ4v) is 12.2. The zero-order valence-electron chi connectivity index (χ0n) is 45.6. The molecule has 2 aliphatic heterocycles. The number of rotatable bonds is 17. The van der Waals surface area contributed by atoms with Gasteiger partial charge in [-0.3, -0.25) is 29.3 Å². The number of likely N-dealkylation sites (tertiary alicyclic amines) is 1. The number of amides is 4. The molecule has 3 fully saturated rings. The number of anilines is 3. The van der Waals surface area contributed by atoms with Gasteiger partial charge >= 0.3 is 6.09 Å². The summed E-state index contributed by atoms with van der Waals surface area (Å²) in [6, 6.07) is 8.18. The molecule has 78 heavy (non-hydrogen) atoms. The lowest BCUT2D eigenvalue weighted by atomic mass is 9.83. The number of ether oxygens (including phenoxy) is 2. The highest BCUT2D eigenvalue weighted by Gasteiger charge is 2.46. The third kappa shape index (κ3) is 12.1. The van der Waals surface area contributed by atoms with E-state index in [4.69, 9.17) is 9.47 Å². The summed E-state index contributed by atoms with van der Waals surface area (Å²) in [5.41, 5.74) is 4.58. The van der Waals surface area contributed by atoms with Gasteiger partial charge in [-0.25, -0.2) is 33.1 Å². The Labute approximate surface area is 455 Å². The van der Waals surface area contributed by atoms with Crippen LogP contribution in [0.4, 0.5) is 22.4 Å². The molecule has 0 unspecified atom stereocenters. The van der Waals surface area contributed by atoms with E-state index in [-0.39, 0.29) is 48.1 Å². The maximum absolute atomic E-state index is 14.9. The highest BCUT2D eigenvalue weighted by Crippen LogP contribution is 2.38. The summed E-state index contributed by atoms with van der Waals surface area (Å²) >= 11 is 0. The molecule has 2 aliphatic carbocycles. The Hall–Kier alpha value is -7.14. The molecule has 418 valence electrons. The number of nitrogens with one attached hydrogen (secondary N) is 4. The average Bonchev–Trinajstić information content (AvgIpc) is 4.07. The van der Waals surface area contributed by atoms with Gasteiger partial charge in [0.1, 0.15) is 53.6 Å². The Bertz CT molecular complexity index is 3100. The van der Waals surface area contributed by atoms with Crippen LogP contribution in [0.1, 0.15) is 107 Å². The Morgan fingerprint density at radius 3 is 2.36 bits per heavy atom. The van der Waals surface area contributed by atoms with E-state index in [1.165, 1.54) is 25.9 Å². The number of carboxylic acid groups (broad SMARTS) is 1. The van der Waals surface area contributed by atoms with Gasteiger partial charge in [0.25, 0.3) is 0 Å². The molecule has 0 bridgehead atoms. The van der Waals surface area contributed by atoms with E-state index in [1.807, 2.05) is 32.0 Å². The number of likely N-dealkylation sites (N-methyl/N-ethyl adjacent to an activating group) is 1. The number of aromatic nitrogens is 6. The molecule has 22 nitrogen and oxygen atoms in total. The van der Waals surface area contributed by atoms with Crippen LogP contribution in [-0.4, -0.2) is 164 Å². The fraction of sp³-hybridized carbons (Fsp3) is 0.545. The highest BCUT2D eigenvalue weighted by molar-refractivity contribution is 7.92. The van der Waals surface area contributed by atoms with Crippen molar-refractivity contribution in [1.82, 2.24) is 55.5 Å². The maximum Gasteiger partial charge on any atom is 0.407 e. The van der Waals surface area contributed by atoms with Crippen molar-refractivity contribution in [2.24, 2.45) is 5.92 Å². The predicted octanol–water partition coefficient (Wildman–Crippen LogP) is 5.88. The number of hydrogen-bond acceptors (Lipinski definition) is 16. The number of carbonyl (C=O) groups is 4. The minimum atomic E-state index is -3.87. The summed E-state index contributed by atoms with van der Waals surface area (Å²) in [6.07, 6.45) is 9.73. The standard InChI is InChI=1S/C55H73N13O9S/c1-33-34(2)63-64-48(33)62-49-41-27-46(78(74,75)55(4,5)6)45(28-43(41)58-32-59-49)76-25-24-66-20-22-67(23-21-66)53-56-29-39(30-57-53)77-38-26-44(51(70)60-42-19-13-17-36-14-11-12-18-40(36)42)68(31-38)52(71)47(37-15-9-8-10-16-37)61-50(69)35(3)65(7)54(72)73/h11-12,14,18,27-30,32,35,37-38,42,44,47H,8-10,13,15-17,19-26,31H2,1-7H3,(H,60,70)(H,61,69)(H,72,73)(H2,58,59,62,63,64)/t35-,38-,42+,44-,47-/m0/s1. The van der Waals surface area contributed by atoms with E-state index in [2.05, 4.69) is 61.9 Å². The number of sulfone groups is 1. The van der Waals surface area contributed by atoms with Crippen LogP contribution >= 0.6 is 0 Å². The molecule has 0 spiro atoms. The van der Waals surface area contributed by atoms with Crippen molar-refractivity contribution in [3.8, 4) is 11.5 Å². The van der Waals surface area contributed by atoms with Crippen LogP contribution in [0.25, 0.3) is 10.9 Å². The van der Waals surface area contributed by atoms with Gasteiger partial charge in [0.2, 0.25) is 23.7 Å². The molecule has 2 aromatic carbocycles. The number of aromatic amines is 1. The molecule has 5 heterocycles. The number of fused-ring (bicyclic) bond motifs is 2. The van der Waals surface area contributed by atoms with Crippen molar-refractivity contribution in [1.29, 1.82) is 0 Å². The first-order valence-electron chi connectivity index (χ1n) is 27.1. The average molecular weight is 1090 g/mol. The van der Waals surface area contributed by atoms with Crippen LogP contribution < -0.4 is 30.3 Å². The minimum Gasteiger partial charge on any atom is -0.491 e. The van der Waals surface area contributed by atoms with E-state index in [9.17, 15) is 32.7 Å². The molecule has 2 saturated heterocycles. The van der Waals surface area contributed by atoms with Crippen LogP contribution in [0, 0.1) is 19.8 Å². The van der Waals surface area contributed by atoms with Gasteiger partial charge in [0.15, 0.2) is 21.4 Å². The van der Waals surface area contributed by atoms with E-state index < -0.39 is 56.7 Å². The number of hydrogen-bond donors (Lipinski definition) is 5. The molecular weight excluding hydrogens is 1020 g/mol. The van der Waals surface area contributed by atoms with Crippen molar-refractivity contribution < 1.29 is 42.2 Å². The van der Waals surface area contributed by atoms with Crippen molar-refractivity contribution in [2.75, 3.05) is 63.1 Å². The summed E-state index contributed by atoms with van der Waals surface area (Å²) in [5, 5.41) is 26.9. The molecule has 0 radical (unpaired) electrons. The smallest absolute Gasteiger partial charge is 0.407 e. The molecule has 5 N–H and O–H groups in total. The second-order valence-corrected chi connectivity index (χ2v) is 24.8. The molecule has 23 heteroatoms. The van der Waals surface area contributed by atoms with Gasteiger partial charge in [-0.15, -0.1) is 0 Å². The number of H-pyrrole nitrogens is 1. The second-order valence-electron chi connectivity index (χ2n) is 22.1. The van der Waals surface area contributed by atoms with Crippen LogP contribution in [0.3, 0.4) is 0 Å². The summed E-state index contributed by atoms with van der Waals surface area (Å²) in [5.74, 6) is 0.638.